The van der Waals surface area contributed by atoms with Crippen molar-refractivity contribution >= 4 is 33.6 Å². The van der Waals surface area contributed by atoms with Gasteiger partial charge in [0.2, 0.25) is 0 Å². The van der Waals surface area contributed by atoms with E-state index in [4.69, 9.17) is 11.6 Å². The molecule has 0 aromatic carbocycles. The van der Waals surface area contributed by atoms with Crippen molar-refractivity contribution < 1.29 is 0 Å². The molecule has 0 saturated carbocycles. The molecule has 12 heavy (non-hydrogen) atoms. The maximum absolute atomic E-state index is 5.64. The number of rotatable bonds is 2. The molecule has 0 fully saturated rings. The first kappa shape index (κ1) is 9.74. The third-order valence-electron chi connectivity index (χ3n) is 1.42. The monoisotopic (exact) mass is 249 g/mol. The van der Waals surface area contributed by atoms with E-state index in [1.165, 1.54) is 0 Å². The molecule has 0 amide bonds. The fraction of sp³-hybridized carbons (Fsp3) is 0.429. The lowest BCUT2D eigenvalue weighted by atomic mass is 10.3. The number of hydrogen-bond acceptors (Lipinski definition) is 2. The Morgan fingerprint density at radius 2 is 2.42 bits per heavy atom. The van der Waals surface area contributed by atoms with Gasteiger partial charge < -0.3 is 0 Å². The summed E-state index contributed by atoms with van der Waals surface area (Å²) in [5, 5.41) is 7.68. The number of allylic oxidation sites excluding steroid dienone is 1. The van der Waals surface area contributed by atoms with Crippen LogP contribution in [0.15, 0.2) is 10.2 Å². The van der Waals surface area contributed by atoms with Crippen LogP contribution in [0.4, 0.5) is 0 Å². The third-order valence-corrected chi connectivity index (χ3v) is 2.41. The average Bonchev–Trinajstić information content (AvgIpc) is 2.35. The van der Waals surface area contributed by atoms with Crippen LogP contribution in [-0.2, 0) is 7.05 Å². The van der Waals surface area contributed by atoms with Crippen LogP contribution in [0.2, 0.25) is 0 Å². The van der Waals surface area contributed by atoms with Crippen LogP contribution in [0.5, 0.6) is 0 Å². The zero-order valence-corrected chi connectivity index (χ0v) is 9.22. The van der Waals surface area contributed by atoms with E-state index in [2.05, 4.69) is 26.2 Å². The molecule has 0 atom stereocenters. The summed E-state index contributed by atoms with van der Waals surface area (Å²) in [6, 6.07) is 0. The molecular formula is C7H9BrClN3. The van der Waals surface area contributed by atoms with Gasteiger partial charge in [-0.15, -0.1) is 16.7 Å². The maximum atomic E-state index is 5.64. The van der Waals surface area contributed by atoms with E-state index in [9.17, 15) is 0 Å². The van der Waals surface area contributed by atoms with Gasteiger partial charge in [0.05, 0.1) is 5.69 Å². The first-order valence-electron chi connectivity index (χ1n) is 3.43. The van der Waals surface area contributed by atoms with Crippen LogP contribution < -0.4 is 0 Å². The Morgan fingerprint density at radius 3 is 2.83 bits per heavy atom. The molecule has 5 heteroatoms. The lowest BCUT2D eigenvalue weighted by molar-refractivity contribution is 0.709. The minimum Gasteiger partial charge on any atom is -0.247 e. The SMILES string of the molecule is C/C(=C\c1c(Br)nnn1C)CCl. The lowest BCUT2D eigenvalue weighted by Crippen LogP contribution is -1.94. The Labute approximate surface area is 84.5 Å². The second kappa shape index (κ2) is 4.05. The number of hydrogen-bond donors (Lipinski definition) is 0. The summed E-state index contributed by atoms with van der Waals surface area (Å²) < 4.78 is 2.44. The van der Waals surface area contributed by atoms with E-state index in [-0.39, 0.29) is 0 Å². The van der Waals surface area contributed by atoms with E-state index in [1.54, 1.807) is 4.68 Å². The Balaban J connectivity index is 3.02. The van der Waals surface area contributed by atoms with Gasteiger partial charge in [0, 0.05) is 12.9 Å². The topological polar surface area (TPSA) is 30.7 Å². The number of aromatic nitrogens is 3. The predicted molar refractivity (Wildman–Crippen MR) is 53.1 cm³/mol. The molecule has 0 aliphatic heterocycles. The number of nitrogens with zero attached hydrogens (tertiary/aromatic N) is 3. The maximum Gasteiger partial charge on any atom is 0.155 e. The number of alkyl halides is 1. The standard InChI is InChI=1S/C7H9BrClN3/c1-5(4-9)3-6-7(8)10-11-12(6)2/h3H,4H2,1-2H3/b5-3+. The van der Waals surface area contributed by atoms with Crippen molar-refractivity contribution in [3.05, 3.63) is 15.9 Å². The Bertz CT molecular complexity index is 286. The van der Waals surface area contributed by atoms with Gasteiger partial charge >= 0.3 is 0 Å². The van der Waals surface area contributed by atoms with Crippen LogP contribution >= 0.6 is 27.5 Å². The van der Waals surface area contributed by atoms with E-state index >= 15 is 0 Å². The van der Waals surface area contributed by atoms with E-state index in [0.717, 1.165) is 15.9 Å². The van der Waals surface area contributed by atoms with Crippen molar-refractivity contribution in [2.75, 3.05) is 5.88 Å². The smallest absolute Gasteiger partial charge is 0.155 e. The highest BCUT2D eigenvalue weighted by Crippen LogP contribution is 2.15. The summed E-state index contributed by atoms with van der Waals surface area (Å²) in [4.78, 5) is 0. The van der Waals surface area contributed by atoms with Crippen LogP contribution in [0.3, 0.4) is 0 Å². The van der Waals surface area contributed by atoms with Gasteiger partial charge in [-0.05, 0) is 28.9 Å². The van der Waals surface area contributed by atoms with Crippen LogP contribution in [0.1, 0.15) is 12.6 Å². The van der Waals surface area contributed by atoms with Crippen molar-refractivity contribution in [2.24, 2.45) is 7.05 Å². The Morgan fingerprint density at radius 1 is 1.75 bits per heavy atom. The number of halogens is 2. The molecular weight excluding hydrogens is 241 g/mol. The van der Waals surface area contributed by atoms with Crippen molar-refractivity contribution in [3.63, 3.8) is 0 Å². The van der Waals surface area contributed by atoms with Crippen LogP contribution in [0, 0.1) is 0 Å². The molecule has 1 aromatic rings. The van der Waals surface area contributed by atoms with Gasteiger partial charge in [-0.25, -0.2) is 4.68 Å². The molecule has 0 unspecified atom stereocenters. The highest BCUT2D eigenvalue weighted by molar-refractivity contribution is 9.10. The minimum atomic E-state index is 0.525. The quantitative estimate of drug-likeness (QED) is 0.754. The molecule has 3 nitrogen and oxygen atoms in total. The van der Waals surface area contributed by atoms with Gasteiger partial charge in [0.1, 0.15) is 0 Å². The van der Waals surface area contributed by atoms with Crippen molar-refractivity contribution in [2.45, 2.75) is 6.92 Å². The first-order chi connectivity index (χ1) is 5.65. The van der Waals surface area contributed by atoms with Crippen LogP contribution in [0.25, 0.3) is 6.08 Å². The highest BCUT2D eigenvalue weighted by Gasteiger charge is 2.03. The van der Waals surface area contributed by atoms with Gasteiger partial charge in [0.25, 0.3) is 0 Å². The first-order valence-corrected chi connectivity index (χ1v) is 4.76. The van der Waals surface area contributed by atoms with Crippen molar-refractivity contribution in [1.82, 2.24) is 15.0 Å². The van der Waals surface area contributed by atoms with Crippen LogP contribution in [-0.4, -0.2) is 20.9 Å². The zero-order chi connectivity index (χ0) is 9.14. The highest BCUT2D eigenvalue weighted by atomic mass is 79.9. The number of aryl methyl sites for hydroxylation is 1. The molecule has 0 aliphatic carbocycles. The van der Waals surface area contributed by atoms with Gasteiger partial charge in [-0.1, -0.05) is 10.8 Å². The molecule has 0 radical (unpaired) electrons. The normalized spacial score (nSPS) is 12.2. The molecule has 0 bridgehead atoms. The second-order valence-corrected chi connectivity index (χ2v) is 3.53. The largest absolute Gasteiger partial charge is 0.247 e. The molecule has 0 spiro atoms. The molecule has 0 N–H and O–H groups in total. The summed E-state index contributed by atoms with van der Waals surface area (Å²) in [7, 11) is 1.84. The Hall–Kier alpha value is -0.350. The molecule has 0 saturated heterocycles. The summed E-state index contributed by atoms with van der Waals surface area (Å²) in [5.41, 5.74) is 2.02. The van der Waals surface area contributed by atoms with Crippen molar-refractivity contribution in [3.8, 4) is 0 Å². The second-order valence-electron chi connectivity index (χ2n) is 2.51. The summed E-state index contributed by atoms with van der Waals surface area (Å²) >= 11 is 8.93. The summed E-state index contributed by atoms with van der Waals surface area (Å²) in [5.74, 6) is 0.525. The third kappa shape index (κ3) is 2.08. The van der Waals surface area contributed by atoms with Gasteiger partial charge in [-0.2, -0.15) is 0 Å². The molecule has 0 aliphatic rings. The Kier molecular flexibility index (Phi) is 3.29. The summed E-state index contributed by atoms with van der Waals surface area (Å²) in [6.45, 7) is 1.96. The zero-order valence-electron chi connectivity index (χ0n) is 6.88. The van der Waals surface area contributed by atoms with E-state index in [0.29, 0.717) is 5.88 Å². The molecule has 1 aromatic heterocycles. The minimum absolute atomic E-state index is 0.525. The van der Waals surface area contributed by atoms with E-state index < -0.39 is 0 Å². The average molecular weight is 251 g/mol. The van der Waals surface area contributed by atoms with Gasteiger partial charge in [0.15, 0.2) is 4.60 Å². The lowest BCUT2D eigenvalue weighted by Gasteiger charge is -1.95. The van der Waals surface area contributed by atoms with Crippen molar-refractivity contribution in [1.29, 1.82) is 0 Å². The molecule has 1 heterocycles. The fourth-order valence-electron chi connectivity index (χ4n) is 0.764. The molecule has 1 rings (SSSR count). The van der Waals surface area contributed by atoms with E-state index in [1.807, 2.05) is 20.0 Å². The fourth-order valence-corrected chi connectivity index (χ4v) is 1.28. The molecule has 66 valence electrons. The summed E-state index contributed by atoms with van der Waals surface area (Å²) in [6.07, 6.45) is 1.96. The predicted octanol–water partition coefficient (Wildman–Crippen LogP) is 2.22. The van der Waals surface area contributed by atoms with Gasteiger partial charge in [-0.3, -0.25) is 0 Å².